The Balaban J connectivity index is 2.90. The zero-order chi connectivity index (χ0) is 8.27. The topological polar surface area (TPSA) is 47.0 Å². The molecule has 1 rings (SSSR count). The number of nitrogens with zero attached hydrogens (tertiary/aromatic N) is 2. The minimum atomic E-state index is 0.361. The Morgan fingerprint density at radius 1 is 1.64 bits per heavy atom. The second kappa shape index (κ2) is 3.50. The number of hydrogen-bond acceptors (Lipinski definition) is 4. The second-order valence-electron chi connectivity index (χ2n) is 1.93. The van der Waals surface area contributed by atoms with Gasteiger partial charge in [0.05, 0.1) is 13.3 Å². The van der Waals surface area contributed by atoms with Gasteiger partial charge in [-0.25, -0.2) is 9.97 Å². The van der Waals surface area contributed by atoms with Crippen molar-refractivity contribution in [2.45, 2.75) is 6.92 Å². The van der Waals surface area contributed by atoms with Gasteiger partial charge < -0.3 is 0 Å². The lowest BCUT2D eigenvalue weighted by Gasteiger charge is -2.03. The van der Waals surface area contributed by atoms with Crippen LogP contribution < -0.4 is 5.48 Å². The van der Waals surface area contributed by atoms with Gasteiger partial charge in [-0.05, 0) is 6.92 Å². The van der Waals surface area contributed by atoms with Gasteiger partial charge in [0, 0.05) is 0 Å². The molecule has 1 aromatic heterocycles. The van der Waals surface area contributed by atoms with E-state index in [1.807, 2.05) is 0 Å². The molecule has 11 heavy (non-hydrogen) atoms. The summed E-state index contributed by atoms with van der Waals surface area (Å²) in [5, 5.41) is 0.361. The molecular weight excluding hydrogens is 166 g/mol. The highest BCUT2D eigenvalue weighted by Crippen LogP contribution is 2.16. The second-order valence-corrected chi connectivity index (χ2v) is 2.29. The summed E-state index contributed by atoms with van der Waals surface area (Å²) in [5.41, 5.74) is 3.12. The lowest BCUT2D eigenvalue weighted by atomic mass is 10.5. The van der Waals surface area contributed by atoms with Crippen molar-refractivity contribution in [3.8, 4) is 0 Å². The first-order valence-electron chi connectivity index (χ1n) is 3.02. The number of nitrogens with one attached hydrogen (secondary N) is 1. The average molecular weight is 174 g/mol. The Kier molecular flexibility index (Phi) is 2.62. The number of aryl methyl sites for hydroxylation is 1. The van der Waals surface area contributed by atoms with Crippen LogP contribution in [-0.2, 0) is 4.84 Å². The third kappa shape index (κ3) is 2.03. The van der Waals surface area contributed by atoms with Gasteiger partial charge in [0.25, 0.3) is 0 Å². The van der Waals surface area contributed by atoms with Gasteiger partial charge in [0.1, 0.15) is 11.5 Å². The van der Waals surface area contributed by atoms with Crippen molar-refractivity contribution in [1.82, 2.24) is 9.97 Å². The van der Waals surface area contributed by atoms with Gasteiger partial charge in [0.2, 0.25) is 0 Å². The molecule has 0 aromatic carbocycles. The highest BCUT2D eigenvalue weighted by atomic mass is 35.5. The molecule has 0 aliphatic heterocycles. The number of aromatic nitrogens is 2. The predicted molar refractivity (Wildman–Crippen MR) is 42.4 cm³/mol. The van der Waals surface area contributed by atoms with Crippen LogP contribution in [0.3, 0.4) is 0 Å². The molecule has 1 aromatic rings. The fraction of sp³-hybridized carbons (Fsp3) is 0.333. The fourth-order valence-corrected chi connectivity index (χ4v) is 0.830. The van der Waals surface area contributed by atoms with Crippen LogP contribution in [0.25, 0.3) is 0 Å². The van der Waals surface area contributed by atoms with E-state index >= 15 is 0 Å². The van der Waals surface area contributed by atoms with E-state index in [4.69, 9.17) is 11.6 Å². The van der Waals surface area contributed by atoms with E-state index in [1.54, 1.807) is 13.1 Å². The van der Waals surface area contributed by atoms with Crippen molar-refractivity contribution in [3.05, 3.63) is 17.2 Å². The van der Waals surface area contributed by atoms with Gasteiger partial charge >= 0.3 is 0 Å². The van der Waals surface area contributed by atoms with Gasteiger partial charge in [-0.2, -0.15) is 0 Å². The van der Waals surface area contributed by atoms with Crippen LogP contribution in [0.2, 0.25) is 5.15 Å². The van der Waals surface area contributed by atoms with Crippen molar-refractivity contribution in [1.29, 1.82) is 0 Å². The van der Waals surface area contributed by atoms with Gasteiger partial charge in [-0.3, -0.25) is 10.3 Å². The largest absolute Gasteiger partial charge is 0.279 e. The SMILES string of the molecule is CONc1cnc(C)nc1Cl. The molecule has 60 valence electrons. The first-order chi connectivity index (χ1) is 5.24. The van der Waals surface area contributed by atoms with E-state index in [-0.39, 0.29) is 0 Å². The van der Waals surface area contributed by atoms with Gasteiger partial charge in [-0.15, -0.1) is 0 Å². The number of anilines is 1. The van der Waals surface area contributed by atoms with E-state index in [1.165, 1.54) is 7.11 Å². The van der Waals surface area contributed by atoms with Crippen LogP contribution in [-0.4, -0.2) is 17.1 Å². The monoisotopic (exact) mass is 173 g/mol. The summed E-state index contributed by atoms with van der Waals surface area (Å²) in [4.78, 5) is 12.5. The maximum Gasteiger partial charge on any atom is 0.158 e. The maximum atomic E-state index is 5.71. The predicted octanol–water partition coefficient (Wildman–Crippen LogP) is 1.41. The number of hydrogen-bond donors (Lipinski definition) is 1. The van der Waals surface area contributed by atoms with E-state index in [0.717, 1.165) is 0 Å². The van der Waals surface area contributed by atoms with Crippen LogP contribution in [0.4, 0.5) is 5.69 Å². The zero-order valence-corrected chi connectivity index (χ0v) is 7.01. The first-order valence-corrected chi connectivity index (χ1v) is 3.40. The molecule has 0 radical (unpaired) electrons. The van der Waals surface area contributed by atoms with Gasteiger partial charge in [0.15, 0.2) is 5.15 Å². The maximum absolute atomic E-state index is 5.71. The van der Waals surface area contributed by atoms with Crippen molar-refractivity contribution in [3.63, 3.8) is 0 Å². The number of rotatable bonds is 2. The van der Waals surface area contributed by atoms with Crippen LogP contribution >= 0.6 is 11.6 Å². The summed E-state index contributed by atoms with van der Waals surface area (Å²) in [6, 6.07) is 0. The smallest absolute Gasteiger partial charge is 0.158 e. The average Bonchev–Trinajstić information content (AvgIpc) is 1.95. The molecule has 4 nitrogen and oxygen atoms in total. The summed E-state index contributed by atoms with van der Waals surface area (Å²) in [6.07, 6.45) is 1.56. The van der Waals surface area contributed by atoms with Crippen LogP contribution in [0.5, 0.6) is 0 Å². The molecule has 0 atom stereocenters. The highest BCUT2D eigenvalue weighted by Gasteiger charge is 2.00. The van der Waals surface area contributed by atoms with Crippen molar-refractivity contribution >= 4 is 17.3 Å². The standard InChI is InChI=1S/C6H8ClN3O/c1-4-8-3-5(10-11-2)6(7)9-4/h3,10H,1-2H3. The molecule has 0 aliphatic rings. The van der Waals surface area contributed by atoms with Crippen LogP contribution in [0.15, 0.2) is 6.20 Å². The molecule has 1 N–H and O–H groups in total. The molecule has 0 spiro atoms. The highest BCUT2D eigenvalue weighted by molar-refractivity contribution is 6.31. The Bertz CT molecular complexity index is 254. The lowest BCUT2D eigenvalue weighted by molar-refractivity contribution is 0.270. The molecule has 0 saturated carbocycles. The molecular formula is C6H8ClN3O. The van der Waals surface area contributed by atoms with E-state index in [2.05, 4.69) is 20.3 Å². The molecule has 0 bridgehead atoms. The molecule has 0 amide bonds. The van der Waals surface area contributed by atoms with Crippen molar-refractivity contribution < 1.29 is 4.84 Å². The molecule has 0 fully saturated rings. The van der Waals surface area contributed by atoms with Crippen molar-refractivity contribution in [2.24, 2.45) is 0 Å². The minimum Gasteiger partial charge on any atom is -0.279 e. The molecule has 0 aliphatic carbocycles. The number of halogens is 1. The van der Waals surface area contributed by atoms with Crippen LogP contribution in [0, 0.1) is 6.92 Å². The Morgan fingerprint density at radius 2 is 2.36 bits per heavy atom. The third-order valence-electron chi connectivity index (χ3n) is 1.07. The normalized spacial score (nSPS) is 9.73. The fourth-order valence-electron chi connectivity index (χ4n) is 0.621. The summed E-state index contributed by atoms with van der Waals surface area (Å²) < 4.78 is 0. The zero-order valence-electron chi connectivity index (χ0n) is 6.26. The van der Waals surface area contributed by atoms with E-state index < -0.39 is 0 Å². The van der Waals surface area contributed by atoms with Crippen LogP contribution in [0.1, 0.15) is 5.82 Å². The van der Waals surface area contributed by atoms with Crippen molar-refractivity contribution in [2.75, 3.05) is 12.6 Å². The summed E-state index contributed by atoms with van der Waals surface area (Å²) in [6.45, 7) is 1.77. The Morgan fingerprint density at radius 3 is 2.91 bits per heavy atom. The summed E-state index contributed by atoms with van der Waals surface area (Å²) in [7, 11) is 1.50. The molecule has 1 heterocycles. The first kappa shape index (κ1) is 8.23. The van der Waals surface area contributed by atoms with Gasteiger partial charge in [-0.1, -0.05) is 11.6 Å². The summed E-state index contributed by atoms with van der Waals surface area (Å²) >= 11 is 5.71. The summed E-state index contributed by atoms with van der Waals surface area (Å²) in [5.74, 6) is 0.636. The Hall–Kier alpha value is -0.870. The van der Waals surface area contributed by atoms with E-state index in [0.29, 0.717) is 16.7 Å². The lowest BCUT2D eigenvalue weighted by Crippen LogP contribution is -1.99. The molecule has 5 heteroatoms. The Labute approximate surface area is 69.5 Å². The minimum absolute atomic E-state index is 0.361. The quantitative estimate of drug-likeness (QED) is 0.543. The molecule has 0 saturated heterocycles. The van der Waals surface area contributed by atoms with E-state index in [9.17, 15) is 0 Å². The third-order valence-corrected chi connectivity index (χ3v) is 1.36. The molecule has 0 unspecified atom stereocenters.